The van der Waals surface area contributed by atoms with E-state index in [9.17, 15) is 21.6 Å². The number of methoxy groups -OCH3 is 1. The van der Waals surface area contributed by atoms with Gasteiger partial charge in [-0.05, 0) is 12.3 Å². The minimum atomic E-state index is -3.84. The minimum Gasteiger partial charge on any atom is -0.468 e. The largest absolute Gasteiger partial charge is 0.468 e. The average molecular weight is 315 g/mol. The van der Waals surface area contributed by atoms with Crippen LogP contribution in [0.15, 0.2) is 0 Å². The van der Waals surface area contributed by atoms with E-state index in [1.165, 1.54) is 7.11 Å². The first-order chi connectivity index (χ1) is 8.47. The second-order valence-electron chi connectivity index (χ2n) is 4.77. The van der Waals surface area contributed by atoms with E-state index in [-0.39, 0.29) is 12.3 Å². The van der Waals surface area contributed by atoms with Gasteiger partial charge in [0.25, 0.3) is 0 Å². The van der Waals surface area contributed by atoms with Crippen LogP contribution in [0.25, 0.3) is 0 Å². The van der Waals surface area contributed by atoms with E-state index in [0.29, 0.717) is 0 Å². The summed E-state index contributed by atoms with van der Waals surface area (Å²) >= 11 is 0. The lowest BCUT2D eigenvalue weighted by atomic mass is 10.1. The molecule has 114 valence electrons. The first kappa shape index (κ1) is 18.3. The zero-order chi connectivity index (χ0) is 15.3. The molecule has 0 aliphatic rings. The molecule has 0 bridgehead atoms. The van der Waals surface area contributed by atoms with Gasteiger partial charge in [0.15, 0.2) is 0 Å². The van der Waals surface area contributed by atoms with Crippen molar-refractivity contribution >= 4 is 25.8 Å². The standard InChI is InChI=1S/C10H21NO6S2/c1-8(2)7-9(10(12)17-3)11-19(15,16)6-5-18(4,13)14/h8-9,11H,5-7H2,1-4H3. The maximum atomic E-state index is 11.7. The highest BCUT2D eigenvalue weighted by Crippen LogP contribution is 2.07. The smallest absolute Gasteiger partial charge is 0.323 e. The first-order valence-electron chi connectivity index (χ1n) is 5.72. The second kappa shape index (κ2) is 7.20. The van der Waals surface area contributed by atoms with Crippen LogP contribution in [0.2, 0.25) is 0 Å². The summed E-state index contributed by atoms with van der Waals surface area (Å²) in [5.74, 6) is -1.66. The molecule has 9 heteroatoms. The van der Waals surface area contributed by atoms with Crippen LogP contribution in [-0.4, -0.2) is 53.7 Å². The summed E-state index contributed by atoms with van der Waals surface area (Å²) in [6.07, 6.45) is 1.24. The minimum absolute atomic E-state index is 0.0849. The molecular weight excluding hydrogens is 294 g/mol. The van der Waals surface area contributed by atoms with Crippen LogP contribution in [0.5, 0.6) is 0 Å². The maximum absolute atomic E-state index is 11.7. The normalized spacial score (nSPS) is 14.4. The molecule has 0 aliphatic heterocycles. The highest BCUT2D eigenvalue weighted by Gasteiger charge is 2.26. The summed E-state index contributed by atoms with van der Waals surface area (Å²) < 4.78 is 52.0. The maximum Gasteiger partial charge on any atom is 0.323 e. The van der Waals surface area contributed by atoms with Gasteiger partial charge in [-0.25, -0.2) is 21.6 Å². The van der Waals surface area contributed by atoms with Gasteiger partial charge in [-0.2, -0.15) is 0 Å². The van der Waals surface area contributed by atoms with Crippen molar-refractivity contribution in [1.29, 1.82) is 0 Å². The Morgan fingerprint density at radius 2 is 1.68 bits per heavy atom. The topological polar surface area (TPSA) is 107 Å². The predicted molar refractivity (Wildman–Crippen MR) is 71.9 cm³/mol. The van der Waals surface area contributed by atoms with Crippen LogP contribution >= 0.6 is 0 Å². The summed E-state index contributed by atoms with van der Waals surface area (Å²) in [5.41, 5.74) is 0. The number of sulfonamides is 1. The molecule has 19 heavy (non-hydrogen) atoms. The molecule has 0 aromatic carbocycles. The van der Waals surface area contributed by atoms with Gasteiger partial charge in [-0.15, -0.1) is 0 Å². The number of hydrogen-bond donors (Lipinski definition) is 1. The lowest BCUT2D eigenvalue weighted by molar-refractivity contribution is -0.143. The quantitative estimate of drug-likeness (QED) is 0.607. The fraction of sp³-hybridized carbons (Fsp3) is 0.900. The summed E-state index contributed by atoms with van der Waals surface area (Å²) in [6, 6.07) is -0.991. The van der Waals surface area contributed by atoms with Gasteiger partial charge in [0.05, 0.1) is 18.6 Å². The van der Waals surface area contributed by atoms with E-state index in [1.54, 1.807) is 0 Å². The van der Waals surface area contributed by atoms with E-state index < -0.39 is 43.4 Å². The van der Waals surface area contributed by atoms with Crippen molar-refractivity contribution in [3.05, 3.63) is 0 Å². The molecule has 1 atom stereocenters. The Hall–Kier alpha value is -0.670. The molecule has 0 radical (unpaired) electrons. The molecule has 0 aromatic rings. The van der Waals surface area contributed by atoms with Crippen LogP contribution in [0.1, 0.15) is 20.3 Å². The third kappa shape index (κ3) is 8.95. The van der Waals surface area contributed by atoms with Crippen molar-refractivity contribution in [3.63, 3.8) is 0 Å². The number of carbonyl (C=O) groups is 1. The third-order valence-electron chi connectivity index (χ3n) is 2.24. The number of rotatable bonds is 8. The summed E-state index contributed by atoms with van der Waals surface area (Å²) in [4.78, 5) is 11.5. The molecule has 1 N–H and O–H groups in total. The van der Waals surface area contributed by atoms with Gasteiger partial charge in [0.2, 0.25) is 10.0 Å². The molecule has 1 unspecified atom stereocenters. The molecule has 0 fully saturated rings. The Bertz CT molecular complexity index is 494. The Morgan fingerprint density at radius 1 is 1.16 bits per heavy atom. The zero-order valence-corrected chi connectivity index (χ0v) is 13.2. The molecule has 0 amide bonds. The van der Waals surface area contributed by atoms with Crippen LogP contribution in [0.3, 0.4) is 0 Å². The van der Waals surface area contributed by atoms with Gasteiger partial charge in [0, 0.05) is 6.26 Å². The van der Waals surface area contributed by atoms with Gasteiger partial charge in [0.1, 0.15) is 15.9 Å². The summed E-state index contributed by atoms with van der Waals surface area (Å²) in [6.45, 7) is 3.67. The molecule has 0 aromatic heterocycles. The van der Waals surface area contributed by atoms with Gasteiger partial charge < -0.3 is 4.74 Å². The van der Waals surface area contributed by atoms with Crippen molar-refractivity contribution in [2.75, 3.05) is 24.9 Å². The number of nitrogens with one attached hydrogen (secondary N) is 1. The van der Waals surface area contributed by atoms with E-state index in [0.717, 1.165) is 6.26 Å². The lowest BCUT2D eigenvalue weighted by Crippen LogP contribution is -2.44. The Balaban J connectivity index is 4.77. The molecule has 0 heterocycles. The van der Waals surface area contributed by atoms with Crippen molar-refractivity contribution in [2.24, 2.45) is 5.92 Å². The Kier molecular flexibility index (Phi) is 6.95. The zero-order valence-electron chi connectivity index (χ0n) is 11.5. The number of ether oxygens (including phenoxy) is 1. The first-order valence-corrected chi connectivity index (χ1v) is 9.43. The Morgan fingerprint density at radius 3 is 2.05 bits per heavy atom. The SMILES string of the molecule is COC(=O)C(CC(C)C)NS(=O)(=O)CCS(C)(=O)=O. The number of sulfone groups is 1. The molecule has 0 rings (SSSR count). The van der Waals surface area contributed by atoms with Gasteiger partial charge in [-0.3, -0.25) is 4.79 Å². The third-order valence-corrected chi connectivity index (χ3v) is 4.83. The van der Waals surface area contributed by atoms with Crippen molar-refractivity contribution in [3.8, 4) is 0 Å². The van der Waals surface area contributed by atoms with Crippen LogP contribution in [0, 0.1) is 5.92 Å². The molecule has 0 aliphatic carbocycles. The van der Waals surface area contributed by atoms with Crippen molar-refractivity contribution in [2.45, 2.75) is 26.3 Å². The van der Waals surface area contributed by atoms with Gasteiger partial charge in [-0.1, -0.05) is 13.8 Å². The highest BCUT2D eigenvalue weighted by atomic mass is 32.2. The molecule has 0 saturated heterocycles. The van der Waals surface area contributed by atoms with Crippen LogP contribution in [-0.2, 0) is 29.4 Å². The Labute approximate surface area is 114 Å². The van der Waals surface area contributed by atoms with E-state index in [1.807, 2.05) is 13.8 Å². The van der Waals surface area contributed by atoms with Crippen molar-refractivity contribution < 1.29 is 26.4 Å². The molecular formula is C10H21NO6S2. The number of esters is 1. The number of hydrogen-bond acceptors (Lipinski definition) is 6. The fourth-order valence-corrected chi connectivity index (χ4v) is 4.18. The van der Waals surface area contributed by atoms with Crippen LogP contribution in [0.4, 0.5) is 0 Å². The average Bonchev–Trinajstić information content (AvgIpc) is 2.23. The molecule has 0 spiro atoms. The van der Waals surface area contributed by atoms with E-state index in [4.69, 9.17) is 0 Å². The van der Waals surface area contributed by atoms with E-state index >= 15 is 0 Å². The summed E-state index contributed by atoms with van der Waals surface area (Å²) in [7, 11) is -6.05. The lowest BCUT2D eigenvalue weighted by Gasteiger charge is -2.18. The molecule has 0 saturated carbocycles. The fourth-order valence-electron chi connectivity index (χ4n) is 1.34. The van der Waals surface area contributed by atoms with Gasteiger partial charge >= 0.3 is 5.97 Å². The number of carbonyl (C=O) groups excluding carboxylic acids is 1. The monoisotopic (exact) mass is 315 g/mol. The van der Waals surface area contributed by atoms with Crippen LogP contribution < -0.4 is 4.72 Å². The van der Waals surface area contributed by atoms with E-state index in [2.05, 4.69) is 9.46 Å². The highest BCUT2D eigenvalue weighted by molar-refractivity contribution is 7.93. The van der Waals surface area contributed by atoms with Crippen molar-refractivity contribution in [1.82, 2.24) is 4.72 Å². The molecule has 7 nitrogen and oxygen atoms in total. The second-order valence-corrected chi connectivity index (χ2v) is 8.91. The predicted octanol–water partition coefficient (Wildman–Crippen LogP) is -0.462. The summed E-state index contributed by atoms with van der Waals surface area (Å²) in [5, 5.41) is 0.